The van der Waals surface area contributed by atoms with Gasteiger partial charge in [-0.25, -0.2) is 22.9 Å². The van der Waals surface area contributed by atoms with E-state index in [2.05, 4.69) is 25.4 Å². The number of fused-ring (bicyclic) bond motifs is 2. The van der Waals surface area contributed by atoms with Crippen LogP contribution >= 0.6 is 0 Å². The van der Waals surface area contributed by atoms with E-state index in [4.69, 9.17) is 0 Å². The summed E-state index contributed by atoms with van der Waals surface area (Å²) >= 11 is 0. The molecule has 36 heavy (non-hydrogen) atoms. The molecule has 2 N–H and O–H groups in total. The fourth-order valence-corrected chi connectivity index (χ4v) is 4.41. The monoisotopic (exact) mass is 514 g/mol. The lowest BCUT2D eigenvalue weighted by atomic mass is 10.1. The molecule has 0 aliphatic heterocycles. The summed E-state index contributed by atoms with van der Waals surface area (Å²) in [6.07, 6.45) is 2.62. The number of aromatic amines is 1. The minimum absolute atomic E-state index is 0.170. The van der Waals surface area contributed by atoms with Gasteiger partial charge in [0.1, 0.15) is 0 Å². The maximum atomic E-state index is 12.9. The largest absolute Gasteiger partial charge is 0.449 e. The van der Waals surface area contributed by atoms with E-state index < -0.39 is 21.8 Å². The molecule has 8 nitrogen and oxygen atoms in total. The van der Waals surface area contributed by atoms with Gasteiger partial charge in [0.05, 0.1) is 33.3 Å². The average molecular weight is 515 g/mol. The third-order valence-corrected chi connectivity index (χ3v) is 6.48. The highest BCUT2D eigenvalue weighted by molar-refractivity contribution is 7.90. The summed E-state index contributed by atoms with van der Waals surface area (Å²) in [6, 6.07) is 14.6. The van der Waals surface area contributed by atoms with Gasteiger partial charge < -0.3 is 10.3 Å². The molecule has 0 amide bonds. The van der Waals surface area contributed by atoms with E-state index in [-0.39, 0.29) is 21.9 Å². The predicted octanol–water partition coefficient (Wildman–Crippen LogP) is 5.61. The van der Waals surface area contributed by atoms with Crippen molar-refractivity contribution in [2.45, 2.75) is 30.3 Å². The van der Waals surface area contributed by atoms with Crippen LogP contribution in [0.5, 0.6) is 0 Å². The highest BCUT2D eigenvalue weighted by Crippen LogP contribution is 2.31. The fourth-order valence-electron chi connectivity index (χ4n) is 3.52. The number of anilines is 2. The summed E-state index contributed by atoms with van der Waals surface area (Å²) in [4.78, 5) is 10.2. The van der Waals surface area contributed by atoms with E-state index in [0.717, 1.165) is 6.26 Å². The van der Waals surface area contributed by atoms with Crippen LogP contribution in [-0.4, -0.2) is 39.2 Å². The number of aromatic nitrogens is 5. The Hall–Kier alpha value is -3.93. The number of nitrogens with one attached hydrogen (secondary N) is 2. The second kappa shape index (κ2) is 8.94. The van der Waals surface area contributed by atoms with E-state index >= 15 is 0 Å². The second-order valence-electron chi connectivity index (χ2n) is 8.41. The molecule has 1 aliphatic carbocycles. The van der Waals surface area contributed by atoms with Crippen molar-refractivity contribution in [1.29, 1.82) is 0 Å². The van der Waals surface area contributed by atoms with Gasteiger partial charge >= 0.3 is 6.18 Å². The topological polar surface area (TPSA) is 105 Å². The van der Waals surface area contributed by atoms with E-state index in [0.29, 0.717) is 22.5 Å². The van der Waals surface area contributed by atoms with E-state index in [1.54, 1.807) is 47.1 Å². The smallest absolute Gasteiger partial charge is 0.334 e. The first-order valence-electron chi connectivity index (χ1n) is 11.1. The maximum absolute atomic E-state index is 12.9. The summed E-state index contributed by atoms with van der Waals surface area (Å²) < 4.78 is 64.7. The van der Waals surface area contributed by atoms with E-state index in [1.807, 2.05) is 0 Å². The molecule has 0 atom stereocenters. The molecule has 0 saturated heterocycles. The van der Waals surface area contributed by atoms with Gasteiger partial charge in [0, 0.05) is 17.5 Å². The number of benzene rings is 2. The number of hydrogen-bond donors (Lipinski definition) is 2. The van der Waals surface area contributed by atoms with Gasteiger partial charge in [-0.05, 0) is 36.4 Å². The molecule has 5 aromatic rings. The highest BCUT2D eigenvalue weighted by atomic mass is 32.2. The molecule has 0 spiro atoms. The Balaban J connectivity index is 0.000000828. The fraction of sp³-hybridized carbons (Fsp3) is 0.208. The Morgan fingerprint density at radius 2 is 1.78 bits per heavy atom. The molecular formula is C24H21F3N6O2S. The first-order chi connectivity index (χ1) is 17.1. The third kappa shape index (κ3) is 5.03. The van der Waals surface area contributed by atoms with Gasteiger partial charge in [-0.3, -0.25) is 0 Å². The van der Waals surface area contributed by atoms with Crippen molar-refractivity contribution < 1.29 is 21.6 Å². The van der Waals surface area contributed by atoms with Gasteiger partial charge in [0.2, 0.25) is 11.8 Å². The summed E-state index contributed by atoms with van der Waals surface area (Å²) in [5.74, 6) is -0.902. The molecule has 0 unspecified atom stereocenters. The number of nitrogens with zero attached hydrogens (tertiary/aromatic N) is 4. The Labute approximate surface area is 204 Å². The molecule has 3 aromatic heterocycles. The van der Waals surface area contributed by atoms with Crippen LogP contribution in [0.1, 0.15) is 25.1 Å². The zero-order valence-electron chi connectivity index (χ0n) is 19.0. The minimum atomic E-state index is -4.58. The molecule has 2 aromatic carbocycles. The number of rotatable bonds is 4. The molecule has 186 valence electrons. The Kier molecular flexibility index (Phi) is 5.91. The second-order valence-corrected chi connectivity index (χ2v) is 10.4. The van der Waals surface area contributed by atoms with Crippen LogP contribution in [0.25, 0.3) is 27.8 Å². The van der Waals surface area contributed by atoms with Crippen LogP contribution < -0.4 is 5.32 Å². The number of imidazole rings is 1. The lowest BCUT2D eigenvalue weighted by Gasteiger charge is -2.09. The van der Waals surface area contributed by atoms with Crippen molar-refractivity contribution in [2.75, 3.05) is 11.6 Å². The quantitative estimate of drug-likeness (QED) is 0.323. The number of sulfone groups is 1. The van der Waals surface area contributed by atoms with Crippen molar-refractivity contribution in [2.24, 2.45) is 0 Å². The van der Waals surface area contributed by atoms with Crippen molar-refractivity contribution in [1.82, 2.24) is 24.6 Å². The Bertz CT molecular complexity index is 1670. The van der Waals surface area contributed by atoms with Crippen LogP contribution in [0.2, 0.25) is 0 Å². The van der Waals surface area contributed by atoms with Gasteiger partial charge in [-0.15, -0.1) is 5.10 Å². The molecule has 1 fully saturated rings. The van der Waals surface area contributed by atoms with Crippen LogP contribution in [0.15, 0.2) is 65.7 Å². The number of halogens is 3. The minimum Gasteiger partial charge on any atom is -0.334 e. The molecule has 0 bridgehead atoms. The lowest BCUT2D eigenvalue weighted by molar-refractivity contribution is -0.144. The SMILES string of the molecule is C1CC1.CS(=O)(=O)c1ccccc1-c1ccc2cnc(Nc3ccc4nc(C(F)(F)F)[nH]c4c3)nn12. The summed E-state index contributed by atoms with van der Waals surface area (Å²) in [7, 11) is -3.48. The first kappa shape index (κ1) is 23.8. The molecule has 0 radical (unpaired) electrons. The Morgan fingerprint density at radius 1 is 1.03 bits per heavy atom. The van der Waals surface area contributed by atoms with Crippen LogP contribution in [0.4, 0.5) is 24.8 Å². The van der Waals surface area contributed by atoms with Gasteiger partial charge in [0.15, 0.2) is 9.84 Å². The molecule has 1 saturated carbocycles. The number of H-pyrrole nitrogens is 1. The van der Waals surface area contributed by atoms with Crippen molar-refractivity contribution in [3.05, 3.63) is 66.6 Å². The van der Waals surface area contributed by atoms with Crippen molar-refractivity contribution >= 4 is 38.0 Å². The zero-order chi connectivity index (χ0) is 25.5. The first-order valence-corrected chi connectivity index (χ1v) is 13.0. The maximum Gasteiger partial charge on any atom is 0.449 e. The van der Waals surface area contributed by atoms with Crippen LogP contribution in [0.3, 0.4) is 0 Å². The molecule has 6 rings (SSSR count). The highest BCUT2D eigenvalue weighted by Gasteiger charge is 2.34. The molecular weight excluding hydrogens is 493 g/mol. The number of hydrogen-bond acceptors (Lipinski definition) is 6. The normalized spacial score (nSPS) is 13.4. The van der Waals surface area contributed by atoms with Gasteiger partial charge in [0.25, 0.3) is 0 Å². The average Bonchev–Trinajstić information content (AvgIpc) is 3.55. The van der Waals surface area contributed by atoms with Crippen LogP contribution in [-0.2, 0) is 16.0 Å². The molecule has 3 heterocycles. The number of alkyl halides is 3. The lowest BCUT2D eigenvalue weighted by Crippen LogP contribution is -2.06. The summed E-state index contributed by atoms with van der Waals surface area (Å²) in [6.45, 7) is 0. The van der Waals surface area contributed by atoms with E-state index in [9.17, 15) is 21.6 Å². The van der Waals surface area contributed by atoms with Gasteiger partial charge in [-0.2, -0.15) is 13.2 Å². The molecule has 12 heteroatoms. The predicted molar refractivity (Wildman–Crippen MR) is 130 cm³/mol. The summed E-state index contributed by atoms with van der Waals surface area (Å²) in [5.41, 5.74) is 2.51. The zero-order valence-corrected chi connectivity index (χ0v) is 19.9. The molecule has 1 aliphatic rings. The van der Waals surface area contributed by atoms with Gasteiger partial charge in [-0.1, -0.05) is 37.5 Å². The van der Waals surface area contributed by atoms with Crippen LogP contribution in [0, 0.1) is 0 Å². The third-order valence-electron chi connectivity index (χ3n) is 5.32. The summed E-state index contributed by atoms with van der Waals surface area (Å²) in [5, 5.41) is 7.41. The van der Waals surface area contributed by atoms with E-state index in [1.165, 1.54) is 37.5 Å². The van der Waals surface area contributed by atoms with Crippen molar-refractivity contribution in [3.63, 3.8) is 0 Å². The standard InChI is InChI=1S/C21H15F3N6O2S.C3H6/c1-33(31,32)18-5-3-2-4-14(18)17-9-7-13-11-25-20(29-30(13)17)26-12-6-8-15-16(10-12)28-19(27-15)21(22,23)24;1-2-3-1/h2-11H,1H3,(H,26,29)(H,27,28);1-3H2. The Morgan fingerprint density at radius 3 is 2.47 bits per heavy atom. The van der Waals surface area contributed by atoms with Crippen molar-refractivity contribution in [3.8, 4) is 11.3 Å².